The molecule has 0 amide bonds. The van der Waals surface area contributed by atoms with Crippen LogP contribution in [0, 0.1) is 0 Å². The number of thiol groups is 1. The zero-order valence-corrected chi connectivity index (χ0v) is 8.87. The van der Waals surface area contributed by atoms with Gasteiger partial charge >= 0.3 is 0 Å². The van der Waals surface area contributed by atoms with Crippen LogP contribution in [0.3, 0.4) is 0 Å². The first-order valence-corrected chi connectivity index (χ1v) is 5.33. The number of ether oxygens (including phenoxy) is 2. The molecule has 1 saturated heterocycles. The zero-order valence-electron chi connectivity index (χ0n) is 7.98. The lowest BCUT2D eigenvalue weighted by molar-refractivity contribution is 0.0679. The van der Waals surface area contributed by atoms with Gasteiger partial charge < -0.3 is 9.47 Å². The highest BCUT2D eigenvalue weighted by Gasteiger charge is 2.15. The highest BCUT2D eigenvalue weighted by Crippen LogP contribution is 2.17. The molecular formula is C11H14O2S. The fourth-order valence-electron chi connectivity index (χ4n) is 1.51. The normalized spacial score (nSPS) is 21.1. The van der Waals surface area contributed by atoms with Gasteiger partial charge in [0.25, 0.3) is 0 Å². The Morgan fingerprint density at radius 3 is 2.79 bits per heavy atom. The fraction of sp³-hybridized carbons (Fsp3) is 0.455. The van der Waals surface area contributed by atoms with Gasteiger partial charge in [0.15, 0.2) is 0 Å². The molecule has 1 aliphatic rings. The van der Waals surface area contributed by atoms with Gasteiger partial charge in [-0.15, -0.1) is 12.6 Å². The molecular weight excluding hydrogens is 196 g/mol. The Labute approximate surface area is 89.6 Å². The average Bonchev–Trinajstić information content (AvgIpc) is 2.70. The van der Waals surface area contributed by atoms with Crippen molar-refractivity contribution in [3.63, 3.8) is 0 Å². The lowest BCUT2D eigenvalue weighted by Gasteiger charge is -2.11. The Morgan fingerprint density at radius 1 is 1.36 bits per heavy atom. The number of benzene rings is 1. The summed E-state index contributed by atoms with van der Waals surface area (Å²) in [5.41, 5.74) is 0. The second-order valence-electron chi connectivity index (χ2n) is 3.44. The SMILES string of the molecule is Sc1ccc(OCC2CCCO2)cc1. The molecule has 1 atom stereocenters. The molecule has 2 rings (SSSR count). The summed E-state index contributed by atoms with van der Waals surface area (Å²) in [6, 6.07) is 7.70. The quantitative estimate of drug-likeness (QED) is 0.773. The van der Waals surface area contributed by atoms with Crippen LogP contribution in [0.25, 0.3) is 0 Å². The first-order chi connectivity index (χ1) is 6.84. The number of rotatable bonds is 3. The van der Waals surface area contributed by atoms with Gasteiger partial charge in [0, 0.05) is 11.5 Å². The van der Waals surface area contributed by atoms with Crippen molar-refractivity contribution >= 4 is 12.6 Å². The van der Waals surface area contributed by atoms with E-state index in [-0.39, 0.29) is 6.10 Å². The van der Waals surface area contributed by atoms with Gasteiger partial charge in [-0.3, -0.25) is 0 Å². The van der Waals surface area contributed by atoms with Crippen molar-refractivity contribution in [3.05, 3.63) is 24.3 Å². The molecule has 76 valence electrons. The maximum absolute atomic E-state index is 5.59. The van der Waals surface area contributed by atoms with Crippen LogP contribution >= 0.6 is 12.6 Å². The summed E-state index contributed by atoms with van der Waals surface area (Å²) >= 11 is 4.21. The maximum Gasteiger partial charge on any atom is 0.119 e. The molecule has 0 saturated carbocycles. The van der Waals surface area contributed by atoms with Crippen LogP contribution in [0.15, 0.2) is 29.2 Å². The highest BCUT2D eigenvalue weighted by atomic mass is 32.1. The summed E-state index contributed by atoms with van der Waals surface area (Å²) in [6.07, 6.45) is 2.56. The lowest BCUT2D eigenvalue weighted by Crippen LogP contribution is -2.16. The van der Waals surface area contributed by atoms with E-state index in [1.54, 1.807) is 0 Å². The molecule has 1 aliphatic heterocycles. The van der Waals surface area contributed by atoms with Crippen LogP contribution in [0.5, 0.6) is 5.75 Å². The Bertz CT molecular complexity index is 278. The molecule has 1 aromatic carbocycles. The molecule has 0 bridgehead atoms. The number of hydrogen-bond acceptors (Lipinski definition) is 3. The lowest BCUT2D eigenvalue weighted by atomic mass is 10.2. The van der Waals surface area contributed by atoms with Crippen molar-refractivity contribution in [1.82, 2.24) is 0 Å². The van der Waals surface area contributed by atoms with Crippen LogP contribution in [0.2, 0.25) is 0 Å². The van der Waals surface area contributed by atoms with Gasteiger partial charge in [0.2, 0.25) is 0 Å². The molecule has 14 heavy (non-hydrogen) atoms. The minimum Gasteiger partial charge on any atom is -0.491 e. The van der Waals surface area contributed by atoms with Gasteiger partial charge in [-0.25, -0.2) is 0 Å². The van der Waals surface area contributed by atoms with E-state index in [1.807, 2.05) is 24.3 Å². The molecule has 0 aliphatic carbocycles. The maximum atomic E-state index is 5.59. The van der Waals surface area contributed by atoms with Crippen LogP contribution in [-0.4, -0.2) is 19.3 Å². The second-order valence-corrected chi connectivity index (χ2v) is 3.96. The van der Waals surface area contributed by atoms with E-state index < -0.39 is 0 Å². The predicted octanol–water partition coefficient (Wildman–Crippen LogP) is 2.53. The second kappa shape index (κ2) is 4.71. The predicted molar refractivity (Wildman–Crippen MR) is 58.2 cm³/mol. The van der Waals surface area contributed by atoms with Crippen molar-refractivity contribution in [2.45, 2.75) is 23.8 Å². The third-order valence-corrected chi connectivity index (χ3v) is 2.59. The number of hydrogen-bond donors (Lipinski definition) is 1. The van der Waals surface area contributed by atoms with E-state index in [0.29, 0.717) is 6.61 Å². The summed E-state index contributed by atoms with van der Waals surface area (Å²) in [4.78, 5) is 0.953. The fourth-order valence-corrected chi connectivity index (χ4v) is 1.66. The first kappa shape index (κ1) is 9.87. The monoisotopic (exact) mass is 210 g/mol. The molecule has 0 aromatic heterocycles. The molecule has 1 aromatic rings. The van der Waals surface area contributed by atoms with E-state index in [1.165, 1.54) is 0 Å². The Morgan fingerprint density at radius 2 is 2.14 bits per heavy atom. The van der Waals surface area contributed by atoms with E-state index in [4.69, 9.17) is 9.47 Å². The van der Waals surface area contributed by atoms with Gasteiger partial charge in [0.05, 0.1) is 6.10 Å². The van der Waals surface area contributed by atoms with E-state index in [2.05, 4.69) is 12.6 Å². The van der Waals surface area contributed by atoms with E-state index >= 15 is 0 Å². The van der Waals surface area contributed by atoms with Crippen LogP contribution < -0.4 is 4.74 Å². The van der Waals surface area contributed by atoms with Crippen molar-refractivity contribution < 1.29 is 9.47 Å². The van der Waals surface area contributed by atoms with Gasteiger partial charge in [-0.2, -0.15) is 0 Å². The Hall–Kier alpha value is -0.670. The van der Waals surface area contributed by atoms with Crippen molar-refractivity contribution in [2.75, 3.05) is 13.2 Å². The molecule has 1 unspecified atom stereocenters. The average molecular weight is 210 g/mol. The molecule has 0 N–H and O–H groups in total. The molecule has 1 fully saturated rings. The highest BCUT2D eigenvalue weighted by molar-refractivity contribution is 7.80. The van der Waals surface area contributed by atoms with Crippen LogP contribution in [-0.2, 0) is 4.74 Å². The molecule has 0 spiro atoms. The molecule has 3 heteroatoms. The topological polar surface area (TPSA) is 18.5 Å². The third kappa shape index (κ3) is 2.66. The van der Waals surface area contributed by atoms with Crippen molar-refractivity contribution in [3.8, 4) is 5.75 Å². The Kier molecular flexibility index (Phi) is 3.32. The molecule has 2 nitrogen and oxygen atoms in total. The first-order valence-electron chi connectivity index (χ1n) is 4.88. The molecule has 1 heterocycles. The van der Waals surface area contributed by atoms with Crippen molar-refractivity contribution in [1.29, 1.82) is 0 Å². The third-order valence-electron chi connectivity index (χ3n) is 2.30. The van der Waals surface area contributed by atoms with Crippen LogP contribution in [0.1, 0.15) is 12.8 Å². The zero-order chi connectivity index (χ0) is 9.80. The van der Waals surface area contributed by atoms with Crippen LogP contribution in [0.4, 0.5) is 0 Å². The standard InChI is InChI=1S/C11H14O2S/c14-11-5-3-9(4-6-11)13-8-10-2-1-7-12-10/h3-6,10,14H,1-2,7-8H2. The van der Waals surface area contributed by atoms with Gasteiger partial charge in [-0.05, 0) is 37.1 Å². The smallest absolute Gasteiger partial charge is 0.119 e. The van der Waals surface area contributed by atoms with E-state index in [9.17, 15) is 0 Å². The van der Waals surface area contributed by atoms with Crippen molar-refractivity contribution in [2.24, 2.45) is 0 Å². The molecule has 0 radical (unpaired) electrons. The summed E-state index contributed by atoms with van der Waals surface area (Å²) in [6.45, 7) is 1.54. The largest absolute Gasteiger partial charge is 0.491 e. The summed E-state index contributed by atoms with van der Waals surface area (Å²) in [5, 5.41) is 0. The summed E-state index contributed by atoms with van der Waals surface area (Å²) in [5.74, 6) is 0.887. The summed E-state index contributed by atoms with van der Waals surface area (Å²) in [7, 11) is 0. The van der Waals surface area contributed by atoms with Gasteiger partial charge in [0.1, 0.15) is 12.4 Å². The minimum atomic E-state index is 0.283. The minimum absolute atomic E-state index is 0.283. The van der Waals surface area contributed by atoms with Gasteiger partial charge in [-0.1, -0.05) is 0 Å². The van der Waals surface area contributed by atoms with E-state index in [0.717, 1.165) is 30.1 Å². The Balaban J connectivity index is 1.82. The summed E-state index contributed by atoms with van der Waals surface area (Å²) < 4.78 is 11.0.